The second kappa shape index (κ2) is 8.69. The van der Waals surface area contributed by atoms with Crippen LogP contribution in [0.1, 0.15) is 44.7 Å². The number of aromatic nitrogens is 1. The van der Waals surface area contributed by atoms with E-state index in [4.69, 9.17) is 4.74 Å². The van der Waals surface area contributed by atoms with Gasteiger partial charge in [-0.15, -0.1) is 0 Å². The molecular weight excluding hydrogens is 402 g/mol. The van der Waals surface area contributed by atoms with Gasteiger partial charge in [0.25, 0.3) is 0 Å². The molecule has 1 saturated heterocycles. The zero-order valence-corrected chi connectivity index (χ0v) is 19.0. The van der Waals surface area contributed by atoms with Crippen molar-refractivity contribution in [2.45, 2.75) is 57.7 Å². The molecule has 0 radical (unpaired) electrons. The number of benzene rings is 2. The molecular formula is C26H31N3O3. The number of amides is 2. The van der Waals surface area contributed by atoms with E-state index < -0.39 is 17.4 Å². The van der Waals surface area contributed by atoms with Crippen LogP contribution in [0.25, 0.3) is 10.9 Å². The number of para-hydroxylation sites is 1. The van der Waals surface area contributed by atoms with Gasteiger partial charge in [0.05, 0.1) is 0 Å². The highest BCUT2D eigenvalue weighted by Gasteiger charge is 2.47. The molecule has 1 atom stereocenters. The van der Waals surface area contributed by atoms with Gasteiger partial charge >= 0.3 is 6.09 Å². The Morgan fingerprint density at radius 2 is 1.84 bits per heavy atom. The van der Waals surface area contributed by atoms with Crippen molar-refractivity contribution in [1.82, 2.24) is 15.2 Å². The van der Waals surface area contributed by atoms with Gasteiger partial charge in [-0.05, 0) is 50.8 Å². The standard InChI is InChI=1S/C26H31N3O3/c1-25(2,3)32-24(31)28-26(17-19-9-5-4-6-10-19)15-13-23(30)29(26)16-14-20-18-27-22-12-8-7-11-21(20)22/h4-12,18,27H,13-17H2,1-3H3,(H,28,31)/t26-/m0/s1. The summed E-state index contributed by atoms with van der Waals surface area (Å²) in [6.07, 6.45) is 3.69. The van der Waals surface area contributed by atoms with Crippen LogP contribution in [0, 0.1) is 0 Å². The number of H-pyrrole nitrogens is 1. The summed E-state index contributed by atoms with van der Waals surface area (Å²) in [4.78, 5) is 30.9. The number of fused-ring (bicyclic) bond motifs is 1. The minimum atomic E-state index is -0.813. The number of rotatable bonds is 6. The monoisotopic (exact) mass is 433 g/mol. The highest BCUT2D eigenvalue weighted by atomic mass is 16.6. The Bertz CT molecular complexity index is 1100. The van der Waals surface area contributed by atoms with Crippen LogP contribution in [0.15, 0.2) is 60.8 Å². The molecule has 1 aromatic heterocycles. The summed E-state index contributed by atoms with van der Waals surface area (Å²) < 4.78 is 5.56. The number of hydrogen-bond acceptors (Lipinski definition) is 3. The van der Waals surface area contributed by atoms with Gasteiger partial charge in [-0.1, -0.05) is 48.5 Å². The number of aromatic amines is 1. The second-order valence-electron chi connectivity index (χ2n) is 9.48. The molecule has 2 amide bonds. The fraction of sp³-hybridized carbons (Fsp3) is 0.385. The molecule has 0 saturated carbocycles. The molecule has 6 nitrogen and oxygen atoms in total. The van der Waals surface area contributed by atoms with Crippen molar-refractivity contribution in [2.24, 2.45) is 0 Å². The van der Waals surface area contributed by atoms with Crippen molar-refractivity contribution in [3.8, 4) is 0 Å². The summed E-state index contributed by atoms with van der Waals surface area (Å²) in [5, 5.41) is 4.24. The van der Waals surface area contributed by atoms with E-state index in [0.717, 1.165) is 22.0 Å². The Morgan fingerprint density at radius 3 is 2.59 bits per heavy atom. The van der Waals surface area contributed by atoms with E-state index in [1.165, 1.54) is 0 Å². The Morgan fingerprint density at radius 1 is 1.12 bits per heavy atom. The predicted octanol–water partition coefficient (Wildman–Crippen LogP) is 4.80. The quantitative estimate of drug-likeness (QED) is 0.587. The molecule has 0 unspecified atom stereocenters. The van der Waals surface area contributed by atoms with Crippen LogP contribution < -0.4 is 5.32 Å². The van der Waals surface area contributed by atoms with E-state index in [1.807, 2.05) is 80.4 Å². The maximum absolute atomic E-state index is 13.0. The molecule has 168 valence electrons. The number of hydrogen-bond donors (Lipinski definition) is 2. The highest BCUT2D eigenvalue weighted by molar-refractivity contribution is 5.84. The molecule has 32 heavy (non-hydrogen) atoms. The number of nitrogens with zero attached hydrogens (tertiary/aromatic N) is 1. The fourth-order valence-electron chi connectivity index (χ4n) is 4.52. The minimum absolute atomic E-state index is 0.0526. The van der Waals surface area contributed by atoms with E-state index in [1.54, 1.807) is 0 Å². The molecule has 0 spiro atoms. The fourth-order valence-corrected chi connectivity index (χ4v) is 4.52. The van der Waals surface area contributed by atoms with Gasteiger partial charge in [-0.25, -0.2) is 4.79 Å². The van der Waals surface area contributed by atoms with E-state index in [0.29, 0.717) is 32.2 Å². The molecule has 1 fully saturated rings. The highest BCUT2D eigenvalue weighted by Crippen LogP contribution is 2.33. The molecule has 2 heterocycles. The molecule has 1 aliphatic heterocycles. The van der Waals surface area contributed by atoms with Crippen molar-refractivity contribution in [3.05, 3.63) is 71.9 Å². The number of likely N-dealkylation sites (tertiary alicyclic amines) is 1. The Hall–Kier alpha value is -3.28. The van der Waals surface area contributed by atoms with Crippen molar-refractivity contribution in [2.75, 3.05) is 6.54 Å². The van der Waals surface area contributed by atoms with E-state index >= 15 is 0 Å². The lowest BCUT2D eigenvalue weighted by Crippen LogP contribution is -2.60. The van der Waals surface area contributed by atoms with Gasteiger partial charge in [0.1, 0.15) is 11.3 Å². The van der Waals surface area contributed by atoms with E-state index in [9.17, 15) is 9.59 Å². The molecule has 6 heteroatoms. The van der Waals surface area contributed by atoms with Crippen LogP contribution in [0.4, 0.5) is 4.79 Å². The predicted molar refractivity (Wildman–Crippen MR) is 125 cm³/mol. The molecule has 3 aromatic rings. The zero-order valence-electron chi connectivity index (χ0n) is 19.0. The zero-order chi connectivity index (χ0) is 22.8. The molecule has 1 aliphatic rings. The molecule has 4 rings (SSSR count). The van der Waals surface area contributed by atoms with Gasteiger partial charge in [-0.2, -0.15) is 0 Å². The van der Waals surface area contributed by atoms with Crippen molar-refractivity contribution in [1.29, 1.82) is 0 Å². The van der Waals surface area contributed by atoms with Crippen LogP contribution >= 0.6 is 0 Å². The average molecular weight is 434 g/mol. The Labute approximate surface area is 188 Å². The molecule has 0 bridgehead atoms. The number of alkyl carbamates (subject to hydrolysis) is 1. The second-order valence-corrected chi connectivity index (χ2v) is 9.48. The number of carbonyl (C=O) groups is 2. The molecule has 0 aliphatic carbocycles. The maximum Gasteiger partial charge on any atom is 0.409 e. The maximum atomic E-state index is 13.0. The first-order chi connectivity index (χ1) is 15.3. The summed E-state index contributed by atoms with van der Waals surface area (Å²) >= 11 is 0. The van der Waals surface area contributed by atoms with Gasteiger partial charge in [0.15, 0.2) is 0 Å². The molecule has 2 N–H and O–H groups in total. The van der Waals surface area contributed by atoms with Crippen LogP contribution in [0.2, 0.25) is 0 Å². The third-order valence-corrected chi connectivity index (χ3v) is 5.92. The summed E-state index contributed by atoms with van der Waals surface area (Å²) in [6, 6.07) is 18.1. The van der Waals surface area contributed by atoms with Gasteiger partial charge in [0, 0.05) is 36.5 Å². The van der Waals surface area contributed by atoms with Gasteiger partial charge in [-0.3, -0.25) is 10.1 Å². The topological polar surface area (TPSA) is 74.4 Å². The summed E-state index contributed by atoms with van der Waals surface area (Å²) in [5.74, 6) is 0.0526. The van der Waals surface area contributed by atoms with Crippen LogP contribution in [-0.2, 0) is 22.4 Å². The number of carbonyl (C=O) groups excluding carboxylic acids is 2. The number of nitrogens with one attached hydrogen (secondary N) is 2. The summed E-state index contributed by atoms with van der Waals surface area (Å²) in [6.45, 7) is 6.03. The Balaban J connectivity index is 1.60. The first-order valence-electron chi connectivity index (χ1n) is 11.2. The largest absolute Gasteiger partial charge is 0.444 e. The first kappa shape index (κ1) is 21.9. The lowest BCUT2D eigenvalue weighted by Gasteiger charge is -2.40. The lowest BCUT2D eigenvalue weighted by atomic mass is 9.96. The summed E-state index contributed by atoms with van der Waals surface area (Å²) in [7, 11) is 0. The third kappa shape index (κ3) is 4.79. The number of ether oxygens (including phenoxy) is 1. The first-order valence-corrected chi connectivity index (χ1v) is 11.2. The average Bonchev–Trinajstić information content (AvgIpc) is 3.27. The SMILES string of the molecule is CC(C)(C)OC(=O)N[C@@]1(Cc2ccccc2)CCC(=O)N1CCc1c[nH]c2ccccc12. The third-order valence-electron chi connectivity index (χ3n) is 5.92. The smallest absolute Gasteiger partial charge is 0.409 e. The Kier molecular flexibility index (Phi) is 5.96. The minimum Gasteiger partial charge on any atom is -0.444 e. The lowest BCUT2D eigenvalue weighted by molar-refractivity contribution is -0.131. The van der Waals surface area contributed by atoms with Gasteiger partial charge in [0.2, 0.25) is 5.91 Å². The van der Waals surface area contributed by atoms with Gasteiger partial charge < -0.3 is 14.6 Å². The van der Waals surface area contributed by atoms with Crippen LogP contribution in [-0.4, -0.2) is 39.7 Å². The van der Waals surface area contributed by atoms with E-state index in [-0.39, 0.29) is 5.91 Å². The van der Waals surface area contributed by atoms with Crippen molar-refractivity contribution >= 4 is 22.9 Å². The van der Waals surface area contributed by atoms with Crippen LogP contribution in [0.3, 0.4) is 0 Å². The van der Waals surface area contributed by atoms with E-state index in [2.05, 4.69) is 16.4 Å². The summed E-state index contributed by atoms with van der Waals surface area (Å²) in [5.41, 5.74) is 1.88. The van der Waals surface area contributed by atoms with Crippen molar-refractivity contribution in [3.63, 3.8) is 0 Å². The normalized spacial score (nSPS) is 18.8. The van der Waals surface area contributed by atoms with Crippen LogP contribution in [0.5, 0.6) is 0 Å². The molecule has 2 aromatic carbocycles. The van der Waals surface area contributed by atoms with Crippen molar-refractivity contribution < 1.29 is 14.3 Å².